The molecule has 1 unspecified atom stereocenters. The highest BCUT2D eigenvalue weighted by atomic mass is 35.5. The lowest BCUT2D eigenvalue weighted by Gasteiger charge is -2.22. The summed E-state index contributed by atoms with van der Waals surface area (Å²) in [6.07, 6.45) is -6.26. The number of halogens is 5. The maximum absolute atomic E-state index is 13.3. The predicted molar refractivity (Wildman–Crippen MR) is 145 cm³/mol. The minimum absolute atomic E-state index is 0.0544. The lowest BCUT2D eigenvalue weighted by Crippen LogP contribution is -2.37. The average molecular weight is 615 g/mol. The van der Waals surface area contributed by atoms with Gasteiger partial charge in [-0.15, -0.1) is 10.2 Å². The number of ether oxygens (including phenoxy) is 1. The van der Waals surface area contributed by atoms with Crippen molar-refractivity contribution in [3.8, 4) is 17.2 Å². The van der Waals surface area contributed by atoms with Gasteiger partial charge in [0.1, 0.15) is 6.54 Å². The Kier molecular flexibility index (Phi) is 8.90. The molecule has 16 heteroatoms. The number of nitrogens with zero attached hydrogens (tertiary/aromatic N) is 7. The molecule has 4 rings (SSSR count). The lowest BCUT2D eigenvalue weighted by atomic mass is 10.2. The van der Waals surface area contributed by atoms with Crippen molar-refractivity contribution < 1.29 is 23.0 Å². The minimum Gasteiger partial charge on any atom is -0.382 e. The maximum atomic E-state index is 13.3. The molecule has 0 spiro atoms. The number of alkyl halides is 3. The SMILES string of the molecule is CC(C)(C)OCC(N)c1nc(Cn2nc(-c3ccc(Cl)cc3)n(C[C@H](O)C(F)(F)F)c2=O)nn1-c1ncccc1Cl. The first-order chi connectivity index (χ1) is 19.1. The highest BCUT2D eigenvalue weighted by Crippen LogP contribution is 2.25. The van der Waals surface area contributed by atoms with E-state index in [0.29, 0.717) is 10.6 Å². The first-order valence-electron chi connectivity index (χ1n) is 12.3. The van der Waals surface area contributed by atoms with E-state index in [9.17, 15) is 23.1 Å². The first-order valence-corrected chi connectivity index (χ1v) is 13.0. The van der Waals surface area contributed by atoms with Crippen LogP contribution in [0.15, 0.2) is 47.4 Å². The Hall–Kier alpha value is -3.30. The zero-order chi connectivity index (χ0) is 30.1. The van der Waals surface area contributed by atoms with E-state index in [1.54, 1.807) is 12.1 Å². The van der Waals surface area contributed by atoms with Crippen molar-refractivity contribution in [1.82, 2.24) is 34.1 Å². The van der Waals surface area contributed by atoms with Gasteiger partial charge in [-0.2, -0.15) is 17.9 Å². The summed E-state index contributed by atoms with van der Waals surface area (Å²) in [4.78, 5) is 22.0. The molecular formula is C25H27Cl2F3N8O3. The fourth-order valence-corrected chi connectivity index (χ4v) is 4.04. The summed E-state index contributed by atoms with van der Waals surface area (Å²) < 4.78 is 48.3. The second kappa shape index (κ2) is 11.9. The molecule has 0 radical (unpaired) electrons. The summed E-state index contributed by atoms with van der Waals surface area (Å²) in [7, 11) is 0. The topological polar surface area (TPSA) is 139 Å². The van der Waals surface area contributed by atoms with Crippen LogP contribution in [0.3, 0.4) is 0 Å². The summed E-state index contributed by atoms with van der Waals surface area (Å²) in [5.41, 5.74) is 5.28. The van der Waals surface area contributed by atoms with Gasteiger partial charge < -0.3 is 15.6 Å². The first kappa shape index (κ1) is 30.7. The summed E-state index contributed by atoms with van der Waals surface area (Å²) in [5.74, 6) is 0.390. The van der Waals surface area contributed by atoms with Crippen molar-refractivity contribution in [2.45, 2.75) is 57.8 Å². The number of aromatic nitrogens is 7. The largest absolute Gasteiger partial charge is 0.416 e. The van der Waals surface area contributed by atoms with Crippen molar-refractivity contribution in [3.63, 3.8) is 0 Å². The van der Waals surface area contributed by atoms with Crippen LogP contribution in [-0.4, -0.2) is 63.7 Å². The Morgan fingerprint density at radius 2 is 1.78 bits per heavy atom. The molecule has 0 aliphatic carbocycles. The van der Waals surface area contributed by atoms with E-state index in [4.69, 9.17) is 33.7 Å². The molecule has 1 aromatic carbocycles. The fourth-order valence-electron chi connectivity index (χ4n) is 3.71. The molecule has 0 saturated carbocycles. The number of hydrogen-bond donors (Lipinski definition) is 2. The third kappa shape index (κ3) is 7.32. The Morgan fingerprint density at radius 1 is 1.10 bits per heavy atom. The maximum Gasteiger partial charge on any atom is 0.416 e. The molecule has 0 bridgehead atoms. The molecule has 11 nitrogen and oxygen atoms in total. The second-order valence-electron chi connectivity index (χ2n) is 10.1. The third-order valence-corrected chi connectivity index (χ3v) is 6.24. The van der Waals surface area contributed by atoms with Crippen LogP contribution in [-0.2, 0) is 17.8 Å². The van der Waals surface area contributed by atoms with Gasteiger partial charge >= 0.3 is 11.9 Å². The van der Waals surface area contributed by atoms with Crippen LogP contribution in [0.5, 0.6) is 0 Å². The Bertz CT molecular complexity index is 1560. The molecule has 3 aromatic heterocycles. The number of benzene rings is 1. The minimum atomic E-state index is -4.96. The van der Waals surface area contributed by atoms with Gasteiger partial charge in [0.05, 0.1) is 29.8 Å². The number of hydrogen-bond acceptors (Lipinski definition) is 8. The van der Waals surface area contributed by atoms with Crippen LogP contribution in [0, 0.1) is 0 Å². The molecule has 41 heavy (non-hydrogen) atoms. The third-order valence-electron chi connectivity index (χ3n) is 5.69. The van der Waals surface area contributed by atoms with E-state index in [-0.39, 0.29) is 41.5 Å². The van der Waals surface area contributed by atoms with Crippen molar-refractivity contribution in [3.05, 3.63) is 74.8 Å². The molecule has 4 aromatic rings. The molecule has 0 aliphatic heterocycles. The van der Waals surface area contributed by atoms with Crippen LogP contribution in [0.25, 0.3) is 17.2 Å². The molecule has 0 fully saturated rings. The van der Waals surface area contributed by atoms with E-state index < -0.39 is 36.2 Å². The van der Waals surface area contributed by atoms with Gasteiger partial charge in [-0.05, 0) is 57.2 Å². The zero-order valence-electron chi connectivity index (χ0n) is 22.2. The molecule has 3 N–H and O–H groups in total. The smallest absolute Gasteiger partial charge is 0.382 e. The number of rotatable bonds is 9. The number of aliphatic hydroxyl groups is 1. The predicted octanol–water partition coefficient (Wildman–Crippen LogP) is 3.78. The Labute approximate surface area is 242 Å². The monoisotopic (exact) mass is 614 g/mol. The van der Waals surface area contributed by atoms with Crippen LogP contribution < -0.4 is 11.4 Å². The number of aliphatic hydroxyl groups excluding tert-OH is 1. The zero-order valence-corrected chi connectivity index (χ0v) is 23.7. The summed E-state index contributed by atoms with van der Waals surface area (Å²) in [6.45, 7) is 4.24. The normalized spacial score (nSPS) is 13.9. The summed E-state index contributed by atoms with van der Waals surface area (Å²) in [5, 5.41) is 19.0. The molecule has 0 aliphatic rings. The van der Waals surface area contributed by atoms with Gasteiger partial charge in [0.2, 0.25) is 0 Å². The van der Waals surface area contributed by atoms with Crippen LogP contribution in [0.4, 0.5) is 13.2 Å². The van der Waals surface area contributed by atoms with E-state index >= 15 is 0 Å². The van der Waals surface area contributed by atoms with E-state index in [1.165, 1.54) is 35.1 Å². The molecule has 3 heterocycles. The van der Waals surface area contributed by atoms with Gasteiger partial charge in [-0.3, -0.25) is 4.57 Å². The Morgan fingerprint density at radius 3 is 2.39 bits per heavy atom. The van der Waals surface area contributed by atoms with Crippen molar-refractivity contribution in [1.29, 1.82) is 0 Å². The molecule has 0 saturated heterocycles. The highest BCUT2D eigenvalue weighted by Gasteiger charge is 2.39. The number of pyridine rings is 1. The number of nitrogens with two attached hydrogens (primary N) is 1. The van der Waals surface area contributed by atoms with E-state index in [0.717, 1.165) is 9.25 Å². The summed E-state index contributed by atoms with van der Waals surface area (Å²) in [6, 6.07) is 8.43. The quantitative estimate of drug-likeness (QED) is 0.290. The van der Waals surface area contributed by atoms with Crippen molar-refractivity contribution >= 4 is 23.2 Å². The van der Waals surface area contributed by atoms with E-state index in [1.807, 2.05) is 20.8 Å². The van der Waals surface area contributed by atoms with Gasteiger partial charge in [0.25, 0.3) is 0 Å². The second-order valence-corrected chi connectivity index (χ2v) is 10.9. The molecule has 220 valence electrons. The van der Waals surface area contributed by atoms with Crippen LogP contribution in [0.1, 0.15) is 38.5 Å². The summed E-state index contributed by atoms with van der Waals surface area (Å²) >= 11 is 12.3. The molecule has 0 amide bonds. The Balaban J connectivity index is 1.77. The highest BCUT2D eigenvalue weighted by molar-refractivity contribution is 6.32. The molecular weight excluding hydrogens is 588 g/mol. The van der Waals surface area contributed by atoms with Crippen LogP contribution in [0.2, 0.25) is 10.0 Å². The standard InChI is InChI=1S/C25H27Cl2F3N8O3/c1-24(2,3)41-13-17(31)22-33-19(34-38(22)21-16(27)5-4-10-32-21)12-37-23(40)36(11-18(39)25(28,29)30)20(35-37)14-6-8-15(26)9-7-14/h4-10,17-18,39H,11-13,31H2,1-3H3/t17?,18-/m0/s1. The average Bonchev–Trinajstić information content (AvgIpc) is 3.44. The van der Waals surface area contributed by atoms with Gasteiger partial charge in [-0.25, -0.2) is 19.4 Å². The molecule has 2 atom stereocenters. The van der Waals surface area contributed by atoms with Gasteiger partial charge in [0.15, 0.2) is 29.4 Å². The van der Waals surface area contributed by atoms with Crippen molar-refractivity contribution in [2.24, 2.45) is 5.73 Å². The van der Waals surface area contributed by atoms with Gasteiger partial charge in [-0.1, -0.05) is 23.2 Å². The fraction of sp³-hybridized carbons (Fsp3) is 0.400. The lowest BCUT2D eigenvalue weighted by molar-refractivity contribution is -0.207. The van der Waals surface area contributed by atoms with Crippen molar-refractivity contribution in [2.75, 3.05) is 6.61 Å². The van der Waals surface area contributed by atoms with E-state index in [2.05, 4.69) is 20.2 Å². The van der Waals surface area contributed by atoms with Gasteiger partial charge in [0, 0.05) is 16.8 Å². The van der Waals surface area contributed by atoms with Crippen LogP contribution >= 0.6 is 23.2 Å².